The number of rotatable bonds is 7. The Balaban J connectivity index is 1.57. The Kier molecular flexibility index (Phi) is 6.35. The van der Waals surface area contributed by atoms with Gasteiger partial charge in [-0.15, -0.1) is 10.2 Å². The van der Waals surface area contributed by atoms with Gasteiger partial charge in [-0.05, 0) is 36.0 Å². The number of aromatic nitrogens is 6. The molecule has 0 aliphatic carbocycles. The van der Waals surface area contributed by atoms with Crippen molar-refractivity contribution in [3.05, 3.63) is 59.7 Å². The second kappa shape index (κ2) is 9.32. The quantitative estimate of drug-likeness (QED) is 0.447. The van der Waals surface area contributed by atoms with E-state index in [0.717, 1.165) is 9.24 Å². The van der Waals surface area contributed by atoms with Crippen LogP contribution in [0.4, 0.5) is 10.2 Å². The van der Waals surface area contributed by atoms with Crippen LogP contribution in [0.15, 0.2) is 67.5 Å². The summed E-state index contributed by atoms with van der Waals surface area (Å²) in [5.74, 6) is -0.117. The third-order valence-electron chi connectivity index (χ3n) is 3.65. The maximum absolute atomic E-state index is 13.2. The molecule has 30 heavy (non-hydrogen) atoms. The first-order valence-corrected chi connectivity index (χ1v) is 11.1. The summed E-state index contributed by atoms with van der Waals surface area (Å²) in [5, 5.41) is 15.9. The van der Waals surface area contributed by atoms with Gasteiger partial charge in [0.15, 0.2) is 10.2 Å². The number of carbonyl (C=O) groups excluding carboxylic acids is 1. The molecule has 152 valence electrons. The standard InChI is InChI=1S/C18H14FN7OS3/c1-26-7-6-14(25-26)23-15(27)8-13-17(29-12-4-2-11(19)3-5-12)20-9-16(22-13)30-18-24-21-10-28-18/h2-7,9-10H,8H2,1H3,(H,23,25,27). The average Bonchev–Trinajstić information content (AvgIpc) is 3.37. The van der Waals surface area contributed by atoms with Crippen LogP contribution in [0.5, 0.6) is 0 Å². The van der Waals surface area contributed by atoms with Crippen molar-refractivity contribution in [2.24, 2.45) is 7.05 Å². The van der Waals surface area contributed by atoms with E-state index in [1.54, 1.807) is 47.8 Å². The summed E-state index contributed by atoms with van der Waals surface area (Å²) in [6.45, 7) is 0. The Morgan fingerprint density at radius 2 is 2.07 bits per heavy atom. The van der Waals surface area contributed by atoms with E-state index in [9.17, 15) is 9.18 Å². The number of anilines is 1. The Morgan fingerprint density at radius 3 is 2.77 bits per heavy atom. The fourth-order valence-electron chi connectivity index (χ4n) is 2.38. The van der Waals surface area contributed by atoms with Gasteiger partial charge >= 0.3 is 0 Å². The fourth-order valence-corrected chi connectivity index (χ4v) is 4.60. The Labute approximate surface area is 183 Å². The Morgan fingerprint density at radius 1 is 1.23 bits per heavy atom. The van der Waals surface area contributed by atoms with Crippen LogP contribution >= 0.6 is 34.9 Å². The van der Waals surface area contributed by atoms with Gasteiger partial charge in [-0.25, -0.2) is 14.4 Å². The van der Waals surface area contributed by atoms with Gasteiger partial charge in [-0.3, -0.25) is 9.48 Å². The van der Waals surface area contributed by atoms with E-state index < -0.39 is 0 Å². The van der Waals surface area contributed by atoms with E-state index in [1.807, 2.05) is 0 Å². The molecule has 1 aromatic carbocycles. The molecule has 0 atom stereocenters. The van der Waals surface area contributed by atoms with Gasteiger partial charge in [0.05, 0.1) is 18.3 Å². The zero-order valence-corrected chi connectivity index (χ0v) is 18.0. The zero-order chi connectivity index (χ0) is 20.9. The summed E-state index contributed by atoms with van der Waals surface area (Å²) < 4.78 is 15.5. The third kappa shape index (κ3) is 5.40. The van der Waals surface area contributed by atoms with Gasteiger partial charge in [-0.1, -0.05) is 23.1 Å². The highest BCUT2D eigenvalue weighted by atomic mass is 32.2. The lowest BCUT2D eigenvalue weighted by atomic mass is 10.3. The van der Waals surface area contributed by atoms with Crippen molar-refractivity contribution in [3.63, 3.8) is 0 Å². The van der Waals surface area contributed by atoms with E-state index in [0.29, 0.717) is 21.6 Å². The van der Waals surface area contributed by atoms with Crippen LogP contribution in [0.25, 0.3) is 0 Å². The predicted octanol–water partition coefficient (Wildman–Crippen LogP) is 3.68. The van der Waals surface area contributed by atoms with Crippen LogP contribution < -0.4 is 5.32 Å². The van der Waals surface area contributed by atoms with Crippen LogP contribution in [0.1, 0.15) is 5.69 Å². The van der Waals surface area contributed by atoms with Crippen molar-refractivity contribution in [2.75, 3.05) is 5.32 Å². The molecule has 0 saturated carbocycles. The highest BCUT2D eigenvalue weighted by molar-refractivity contribution is 8.01. The summed E-state index contributed by atoms with van der Waals surface area (Å²) in [6, 6.07) is 7.78. The molecule has 0 bridgehead atoms. The van der Waals surface area contributed by atoms with Crippen LogP contribution in [-0.4, -0.2) is 35.9 Å². The summed E-state index contributed by atoms with van der Waals surface area (Å²) in [6.07, 6.45) is 3.38. The molecule has 3 heterocycles. The number of carbonyl (C=O) groups is 1. The number of halogens is 1. The highest BCUT2D eigenvalue weighted by Crippen LogP contribution is 2.32. The van der Waals surface area contributed by atoms with Crippen molar-refractivity contribution in [2.45, 2.75) is 25.7 Å². The third-order valence-corrected chi connectivity index (χ3v) is 6.38. The summed E-state index contributed by atoms with van der Waals surface area (Å²) in [7, 11) is 1.77. The van der Waals surface area contributed by atoms with Crippen LogP contribution in [0, 0.1) is 5.82 Å². The molecular weight excluding hydrogens is 445 g/mol. The van der Waals surface area contributed by atoms with E-state index in [-0.39, 0.29) is 18.1 Å². The first kappa shape index (κ1) is 20.4. The number of aryl methyl sites for hydroxylation is 1. The van der Waals surface area contributed by atoms with Crippen molar-refractivity contribution < 1.29 is 9.18 Å². The molecule has 0 saturated heterocycles. The summed E-state index contributed by atoms with van der Waals surface area (Å²) in [4.78, 5) is 22.4. The monoisotopic (exact) mass is 459 g/mol. The number of hydrogen-bond acceptors (Lipinski definition) is 9. The highest BCUT2D eigenvalue weighted by Gasteiger charge is 2.16. The van der Waals surface area contributed by atoms with Crippen LogP contribution in [0.3, 0.4) is 0 Å². The van der Waals surface area contributed by atoms with Crippen molar-refractivity contribution in [1.29, 1.82) is 0 Å². The largest absolute Gasteiger partial charge is 0.309 e. The molecule has 1 N–H and O–H groups in total. The Hall–Kier alpha value is -2.83. The lowest BCUT2D eigenvalue weighted by Crippen LogP contribution is -2.17. The van der Waals surface area contributed by atoms with Crippen molar-refractivity contribution in [1.82, 2.24) is 29.9 Å². The van der Waals surface area contributed by atoms with Crippen LogP contribution in [-0.2, 0) is 18.3 Å². The van der Waals surface area contributed by atoms with E-state index in [4.69, 9.17) is 0 Å². The first-order valence-electron chi connectivity index (χ1n) is 8.58. The van der Waals surface area contributed by atoms with Gasteiger partial charge in [0.2, 0.25) is 5.91 Å². The molecule has 4 rings (SSSR count). The lowest BCUT2D eigenvalue weighted by Gasteiger charge is -2.09. The van der Waals surface area contributed by atoms with Gasteiger partial charge < -0.3 is 5.32 Å². The molecule has 3 aromatic heterocycles. The smallest absolute Gasteiger partial charge is 0.231 e. The minimum absolute atomic E-state index is 0.0115. The summed E-state index contributed by atoms with van der Waals surface area (Å²) >= 11 is 4.03. The molecule has 12 heteroatoms. The lowest BCUT2D eigenvalue weighted by molar-refractivity contribution is -0.115. The average molecular weight is 460 g/mol. The molecule has 8 nitrogen and oxygen atoms in total. The molecule has 0 aliphatic rings. The molecule has 4 aromatic rings. The molecule has 0 unspecified atom stereocenters. The SMILES string of the molecule is Cn1ccc(NC(=O)Cc2nc(Sc3nncs3)cnc2Sc2ccc(F)cc2)n1. The predicted molar refractivity (Wildman–Crippen MR) is 112 cm³/mol. The topological polar surface area (TPSA) is 98.5 Å². The number of benzene rings is 1. The van der Waals surface area contributed by atoms with Crippen molar-refractivity contribution >= 4 is 46.6 Å². The van der Waals surface area contributed by atoms with E-state index >= 15 is 0 Å². The number of amides is 1. The van der Waals surface area contributed by atoms with Gasteiger partial charge in [0, 0.05) is 24.2 Å². The second-order valence-corrected chi connectivity index (χ2v) is 9.09. The minimum Gasteiger partial charge on any atom is -0.309 e. The fraction of sp³-hybridized carbons (Fsp3) is 0.111. The van der Waals surface area contributed by atoms with Gasteiger partial charge in [-0.2, -0.15) is 5.10 Å². The molecule has 0 spiro atoms. The second-order valence-electron chi connectivity index (χ2n) is 5.92. The molecule has 1 amide bonds. The number of nitrogens with one attached hydrogen (secondary N) is 1. The summed E-state index contributed by atoms with van der Waals surface area (Å²) in [5.41, 5.74) is 2.14. The minimum atomic E-state index is -0.316. The number of hydrogen-bond donors (Lipinski definition) is 1. The Bertz CT molecular complexity index is 1150. The molecular formula is C18H14FN7OS3. The maximum atomic E-state index is 13.2. The van der Waals surface area contributed by atoms with Gasteiger partial charge in [0.1, 0.15) is 21.4 Å². The van der Waals surface area contributed by atoms with E-state index in [1.165, 1.54) is 47.0 Å². The zero-order valence-electron chi connectivity index (χ0n) is 15.5. The first-order chi connectivity index (χ1) is 14.5. The molecule has 0 radical (unpaired) electrons. The van der Waals surface area contributed by atoms with E-state index in [2.05, 4.69) is 30.6 Å². The number of nitrogens with zero attached hydrogens (tertiary/aromatic N) is 6. The maximum Gasteiger partial charge on any atom is 0.231 e. The van der Waals surface area contributed by atoms with Crippen LogP contribution in [0.2, 0.25) is 0 Å². The van der Waals surface area contributed by atoms with Gasteiger partial charge in [0.25, 0.3) is 0 Å². The molecule has 0 fully saturated rings. The normalized spacial score (nSPS) is 10.9. The molecule has 0 aliphatic heterocycles. The van der Waals surface area contributed by atoms with Crippen molar-refractivity contribution in [3.8, 4) is 0 Å².